The Morgan fingerprint density at radius 3 is 1.56 bits per heavy atom. The number of hydrogen-bond acceptors (Lipinski definition) is 1. The lowest BCUT2D eigenvalue weighted by Gasteiger charge is -2.29. The third-order valence-corrected chi connectivity index (χ3v) is 6.05. The minimum Gasteiger partial charge on any atom is -0.634 e. The molecule has 1 aliphatic rings. The van der Waals surface area contributed by atoms with Crippen LogP contribution in [-0.4, -0.2) is 13.1 Å². The maximum Gasteiger partial charge on any atom is 0.0796 e. The Labute approximate surface area is 158 Å². The molecule has 0 saturated heterocycles. The molecule has 1 aliphatic carbocycles. The molecule has 1 saturated carbocycles. The number of hydrogen-bond donors (Lipinski definition) is 1. The van der Waals surface area contributed by atoms with E-state index in [0.717, 1.165) is 25.4 Å². The van der Waals surface area contributed by atoms with Gasteiger partial charge in [0.2, 0.25) is 0 Å². The van der Waals surface area contributed by atoms with Gasteiger partial charge in [-0.15, -0.1) is 0 Å². The molecule has 1 atom stereocenters. The molecule has 0 amide bonds. The lowest BCUT2D eigenvalue weighted by Crippen LogP contribution is -3.08. The lowest BCUT2D eigenvalue weighted by atomic mass is 9.89. The van der Waals surface area contributed by atoms with Crippen molar-refractivity contribution in [2.45, 2.75) is 129 Å². The van der Waals surface area contributed by atoms with Gasteiger partial charge in [0, 0.05) is 5.92 Å². The van der Waals surface area contributed by atoms with Gasteiger partial charge in [0.05, 0.1) is 13.1 Å². The second-order valence-corrected chi connectivity index (χ2v) is 8.59. The van der Waals surface area contributed by atoms with Crippen LogP contribution in [0.4, 0.5) is 0 Å². The van der Waals surface area contributed by atoms with Crippen molar-refractivity contribution in [2.75, 3.05) is 13.1 Å². The van der Waals surface area contributed by atoms with Crippen LogP contribution < -0.4 is 5.06 Å². The average molecular weight is 354 g/mol. The molecule has 0 spiro atoms. The molecule has 0 radical (unpaired) electrons. The molecule has 1 fully saturated rings. The standard InChI is InChI=1S/C23H47NO/c1-2-3-4-5-6-7-8-9-10-11-12-13-14-18-21-24(25)22-23-19-16-15-17-20-23/h23-24H,2-22H2,1H3. The highest BCUT2D eigenvalue weighted by atomic mass is 16.5. The van der Waals surface area contributed by atoms with Crippen LogP contribution in [0.5, 0.6) is 0 Å². The minimum atomic E-state index is 0.547. The molecular weight excluding hydrogens is 306 g/mol. The summed E-state index contributed by atoms with van der Waals surface area (Å²) in [5.74, 6) is 0.730. The van der Waals surface area contributed by atoms with E-state index >= 15 is 0 Å². The summed E-state index contributed by atoms with van der Waals surface area (Å²) in [4.78, 5) is 0. The van der Waals surface area contributed by atoms with Gasteiger partial charge in [0.1, 0.15) is 0 Å². The van der Waals surface area contributed by atoms with Gasteiger partial charge >= 0.3 is 0 Å². The van der Waals surface area contributed by atoms with Gasteiger partial charge in [0.15, 0.2) is 0 Å². The molecule has 0 aromatic carbocycles. The second kappa shape index (κ2) is 17.3. The summed E-state index contributed by atoms with van der Waals surface area (Å²) in [5.41, 5.74) is 0. The molecule has 0 aliphatic heterocycles. The SMILES string of the molecule is CCCCCCCCCCCCCCCC[NH+]([O-])CC1CCCCC1. The van der Waals surface area contributed by atoms with Crippen LogP contribution in [0.1, 0.15) is 129 Å². The number of hydroxylamine groups is 2. The predicted octanol–water partition coefficient (Wildman–Crippen LogP) is 6.43. The van der Waals surface area contributed by atoms with E-state index in [-0.39, 0.29) is 0 Å². The van der Waals surface area contributed by atoms with Gasteiger partial charge in [-0.05, 0) is 25.7 Å². The zero-order chi connectivity index (χ0) is 18.0. The van der Waals surface area contributed by atoms with Gasteiger partial charge in [-0.25, -0.2) is 0 Å². The quantitative estimate of drug-likeness (QED) is 0.237. The highest BCUT2D eigenvalue weighted by molar-refractivity contribution is 4.64. The molecule has 25 heavy (non-hydrogen) atoms. The Kier molecular flexibility index (Phi) is 15.9. The lowest BCUT2D eigenvalue weighted by molar-refractivity contribution is -0.852. The maximum atomic E-state index is 12.0. The van der Waals surface area contributed by atoms with Crippen LogP contribution in [0.2, 0.25) is 0 Å². The van der Waals surface area contributed by atoms with Crippen molar-refractivity contribution in [3.8, 4) is 0 Å². The number of nitrogens with one attached hydrogen (secondary N) is 1. The first-order chi connectivity index (χ1) is 12.3. The summed E-state index contributed by atoms with van der Waals surface area (Å²) in [6, 6.07) is 0. The molecular formula is C23H47NO. The van der Waals surface area contributed by atoms with Crippen molar-refractivity contribution in [1.29, 1.82) is 0 Å². The van der Waals surface area contributed by atoms with E-state index in [9.17, 15) is 5.21 Å². The summed E-state index contributed by atoms with van der Waals surface area (Å²) in [6.07, 6.45) is 26.2. The van der Waals surface area contributed by atoms with Gasteiger partial charge in [0.25, 0.3) is 0 Å². The predicted molar refractivity (Wildman–Crippen MR) is 111 cm³/mol. The van der Waals surface area contributed by atoms with Crippen LogP contribution in [0, 0.1) is 11.1 Å². The number of rotatable bonds is 17. The van der Waals surface area contributed by atoms with E-state index in [4.69, 9.17) is 0 Å². The van der Waals surface area contributed by atoms with Gasteiger partial charge in [-0.1, -0.05) is 103 Å². The van der Waals surface area contributed by atoms with E-state index in [1.165, 1.54) is 116 Å². The van der Waals surface area contributed by atoms with Crippen molar-refractivity contribution in [2.24, 2.45) is 5.92 Å². The van der Waals surface area contributed by atoms with Crippen molar-refractivity contribution in [3.63, 3.8) is 0 Å². The average Bonchev–Trinajstić information content (AvgIpc) is 2.63. The normalized spacial score (nSPS) is 17.0. The summed E-state index contributed by atoms with van der Waals surface area (Å²) in [7, 11) is 0. The second-order valence-electron chi connectivity index (χ2n) is 8.59. The highest BCUT2D eigenvalue weighted by Gasteiger charge is 2.15. The topological polar surface area (TPSA) is 27.5 Å². The maximum absolute atomic E-state index is 12.0. The Morgan fingerprint density at radius 2 is 1.08 bits per heavy atom. The van der Waals surface area contributed by atoms with E-state index in [1.807, 2.05) is 0 Å². The van der Waals surface area contributed by atoms with Gasteiger partial charge < -0.3 is 10.3 Å². The summed E-state index contributed by atoms with van der Waals surface area (Å²) >= 11 is 0. The van der Waals surface area contributed by atoms with Crippen molar-refractivity contribution >= 4 is 0 Å². The fourth-order valence-corrected chi connectivity index (χ4v) is 4.33. The molecule has 1 N–H and O–H groups in total. The van der Waals surface area contributed by atoms with Crippen molar-refractivity contribution in [3.05, 3.63) is 5.21 Å². The Morgan fingerprint density at radius 1 is 0.640 bits per heavy atom. The minimum absolute atomic E-state index is 0.547. The first kappa shape index (κ1) is 23.0. The largest absolute Gasteiger partial charge is 0.634 e. The first-order valence-electron chi connectivity index (χ1n) is 11.8. The smallest absolute Gasteiger partial charge is 0.0796 e. The fourth-order valence-electron chi connectivity index (χ4n) is 4.33. The van der Waals surface area contributed by atoms with Gasteiger partial charge in [-0.2, -0.15) is 0 Å². The molecule has 2 heteroatoms. The van der Waals surface area contributed by atoms with E-state index in [2.05, 4.69) is 6.92 Å². The zero-order valence-electron chi connectivity index (χ0n) is 17.3. The number of unbranched alkanes of at least 4 members (excludes halogenated alkanes) is 13. The third kappa shape index (κ3) is 14.7. The van der Waals surface area contributed by atoms with Crippen LogP contribution in [0.3, 0.4) is 0 Å². The molecule has 150 valence electrons. The van der Waals surface area contributed by atoms with Gasteiger partial charge in [-0.3, -0.25) is 0 Å². The first-order valence-corrected chi connectivity index (χ1v) is 11.8. The summed E-state index contributed by atoms with van der Waals surface area (Å²) < 4.78 is 0. The fraction of sp³-hybridized carbons (Fsp3) is 1.00. The van der Waals surface area contributed by atoms with Crippen LogP contribution in [-0.2, 0) is 0 Å². The van der Waals surface area contributed by atoms with Crippen molar-refractivity contribution in [1.82, 2.24) is 0 Å². The van der Waals surface area contributed by atoms with Crippen LogP contribution in [0.25, 0.3) is 0 Å². The summed E-state index contributed by atoms with van der Waals surface area (Å²) in [5, 5.41) is 12.6. The summed E-state index contributed by atoms with van der Waals surface area (Å²) in [6.45, 7) is 4.03. The van der Waals surface area contributed by atoms with E-state index in [0.29, 0.717) is 5.06 Å². The number of quaternary nitrogens is 1. The Hall–Kier alpha value is -0.0800. The Balaban J connectivity index is 1.74. The Bertz CT molecular complexity index is 263. The molecule has 1 unspecified atom stereocenters. The molecule has 1 rings (SSSR count). The highest BCUT2D eigenvalue weighted by Crippen LogP contribution is 2.22. The molecule has 2 nitrogen and oxygen atoms in total. The van der Waals surface area contributed by atoms with E-state index in [1.54, 1.807) is 0 Å². The zero-order valence-corrected chi connectivity index (χ0v) is 17.3. The molecule has 0 aromatic heterocycles. The molecule has 0 aromatic rings. The van der Waals surface area contributed by atoms with Crippen molar-refractivity contribution < 1.29 is 5.06 Å². The van der Waals surface area contributed by atoms with Crippen LogP contribution >= 0.6 is 0 Å². The molecule has 0 heterocycles. The third-order valence-electron chi connectivity index (χ3n) is 6.05. The van der Waals surface area contributed by atoms with Crippen LogP contribution in [0.15, 0.2) is 0 Å². The van der Waals surface area contributed by atoms with E-state index < -0.39 is 0 Å². The monoisotopic (exact) mass is 353 g/mol. The molecule has 0 bridgehead atoms.